The van der Waals surface area contributed by atoms with E-state index in [0.29, 0.717) is 19.5 Å². The van der Waals surface area contributed by atoms with Crippen LogP contribution in [0, 0.1) is 13.8 Å². The van der Waals surface area contributed by atoms with Crippen LogP contribution in [0.25, 0.3) is 0 Å². The number of carbonyl (C=O) groups is 1. The molecule has 1 aromatic rings. The molecule has 1 fully saturated rings. The molecule has 1 N–H and O–H groups in total. The maximum atomic E-state index is 13.0. The molecule has 0 spiro atoms. The number of rotatable bonds is 3. The summed E-state index contributed by atoms with van der Waals surface area (Å²) in [4.78, 5) is 13.7. The highest BCUT2D eigenvalue weighted by molar-refractivity contribution is 5.93. The Kier molecular flexibility index (Phi) is 3.97. The van der Waals surface area contributed by atoms with E-state index in [0.717, 1.165) is 16.8 Å². The topological polar surface area (TPSA) is 32.3 Å². The average Bonchev–Trinajstić information content (AvgIpc) is 2.70. The van der Waals surface area contributed by atoms with E-state index in [1.54, 1.807) is 0 Å². The fraction of sp³-hybridized carbons (Fsp3) is 0.500. The first-order chi connectivity index (χ1) is 8.56. The smallest absolute Gasteiger partial charge is 0.238 e. The number of carbonyl (C=O) groups excluding carboxylic acids is 1. The third kappa shape index (κ3) is 3.07. The zero-order chi connectivity index (χ0) is 13.1. The normalized spacial score (nSPS) is 20.1. The minimum absolute atomic E-state index is 0.0715. The van der Waals surface area contributed by atoms with Crippen LogP contribution in [0.1, 0.15) is 17.5 Å². The Morgan fingerprint density at radius 3 is 2.94 bits per heavy atom. The monoisotopic (exact) mass is 250 g/mol. The van der Waals surface area contributed by atoms with Gasteiger partial charge in [0.15, 0.2) is 0 Å². The molecule has 1 aliphatic rings. The molecule has 1 atom stereocenters. The molecule has 1 heterocycles. The number of halogens is 1. The number of hydrogen-bond donors (Lipinski definition) is 1. The molecule has 3 nitrogen and oxygen atoms in total. The van der Waals surface area contributed by atoms with Crippen LogP contribution in [0.15, 0.2) is 18.2 Å². The number of nitrogens with zero attached hydrogens (tertiary/aromatic N) is 1. The Morgan fingerprint density at radius 2 is 2.28 bits per heavy atom. The molecule has 1 saturated heterocycles. The summed E-state index contributed by atoms with van der Waals surface area (Å²) in [6.07, 6.45) is -0.241. The van der Waals surface area contributed by atoms with E-state index >= 15 is 0 Å². The Morgan fingerprint density at radius 1 is 1.50 bits per heavy atom. The van der Waals surface area contributed by atoms with Crippen molar-refractivity contribution in [1.82, 2.24) is 4.90 Å². The second-order valence-electron chi connectivity index (χ2n) is 4.92. The van der Waals surface area contributed by atoms with Crippen LogP contribution in [-0.2, 0) is 4.79 Å². The zero-order valence-corrected chi connectivity index (χ0v) is 10.9. The SMILES string of the molecule is Cc1cccc(NC(=O)CN2CCC(F)C2)c1C. The quantitative estimate of drug-likeness (QED) is 0.892. The number of anilines is 1. The number of amides is 1. The van der Waals surface area contributed by atoms with E-state index < -0.39 is 6.17 Å². The Labute approximate surface area is 107 Å². The fourth-order valence-corrected chi connectivity index (χ4v) is 2.21. The van der Waals surface area contributed by atoms with Crippen LogP contribution in [0.5, 0.6) is 0 Å². The third-order valence-electron chi connectivity index (χ3n) is 3.46. The van der Waals surface area contributed by atoms with E-state index in [2.05, 4.69) is 5.32 Å². The predicted molar refractivity (Wildman–Crippen MR) is 70.5 cm³/mol. The lowest BCUT2D eigenvalue weighted by atomic mass is 10.1. The maximum Gasteiger partial charge on any atom is 0.238 e. The van der Waals surface area contributed by atoms with E-state index in [-0.39, 0.29) is 12.5 Å². The van der Waals surface area contributed by atoms with Gasteiger partial charge in [0.05, 0.1) is 6.54 Å². The van der Waals surface area contributed by atoms with Crippen molar-refractivity contribution in [2.24, 2.45) is 0 Å². The second-order valence-corrected chi connectivity index (χ2v) is 4.92. The molecule has 98 valence electrons. The van der Waals surface area contributed by atoms with Crippen LogP contribution >= 0.6 is 0 Å². The van der Waals surface area contributed by atoms with Crippen molar-refractivity contribution in [3.8, 4) is 0 Å². The van der Waals surface area contributed by atoms with Crippen LogP contribution in [0.3, 0.4) is 0 Å². The van der Waals surface area contributed by atoms with Crippen molar-refractivity contribution in [2.75, 3.05) is 25.0 Å². The highest BCUT2D eigenvalue weighted by Gasteiger charge is 2.23. The molecule has 0 aromatic heterocycles. The molecular weight excluding hydrogens is 231 g/mol. The largest absolute Gasteiger partial charge is 0.325 e. The van der Waals surface area contributed by atoms with Gasteiger partial charge in [-0.15, -0.1) is 0 Å². The van der Waals surface area contributed by atoms with Crippen molar-refractivity contribution < 1.29 is 9.18 Å². The summed E-state index contributed by atoms with van der Waals surface area (Å²) >= 11 is 0. The molecular formula is C14H19FN2O. The van der Waals surface area contributed by atoms with Gasteiger partial charge in [-0.25, -0.2) is 4.39 Å². The van der Waals surface area contributed by atoms with Crippen LogP contribution in [0.4, 0.5) is 10.1 Å². The molecule has 1 aromatic carbocycles. The number of hydrogen-bond acceptors (Lipinski definition) is 2. The van der Waals surface area contributed by atoms with Gasteiger partial charge in [-0.05, 0) is 37.5 Å². The lowest BCUT2D eigenvalue weighted by Crippen LogP contribution is -2.32. The second kappa shape index (κ2) is 5.48. The molecule has 2 rings (SSSR count). The van der Waals surface area contributed by atoms with Crippen molar-refractivity contribution >= 4 is 11.6 Å². The van der Waals surface area contributed by atoms with Gasteiger partial charge in [-0.2, -0.15) is 0 Å². The molecule has 0 aliphatic carbocycles. The van der Waals surface area contributed by atoms with E-state index in [4.69, 9.17) is 0 Å². The lowest BCUT2D eigenvalue weighted by molar-refractivity contribution is -0.117. The zero-order valence-electron chi connectivity index (χ0n) is 10.9. The van der Waals surface area contributed by atoms with Gasteiger partial charge in [-0.1, -0.05) is 12.1 Å². The van der Waals surface area contributed by atoms with Gasteiger partial charge in [0.25, 0.3) is 0 Å². The van der Waals surface area contributed by atoms with Gasteiger partial charge in [-0.3, -0.25) is 9.69 Å². The Bertz CT molecular complexity index is 447. The van der Waals surface area contributed by atoms with Crippen molar-refractivity contribution in [3.63, 3.8) is 0 Å². The fourth-order valence-electron chi connectivity index (χ4n) is 2.21. The Balaban J connectivity index is 1.93. The molecule has 0 saturated carbocycles. The summed E-state index contributed by atoms with van der Waals surface area (Å²) in [5.74, 6) is -0.0715. The van der Waals surface area contributed by atoms with Crippen LogP contribution in [-0.4, -0.2) is 36.6 Å². The predicted octanol–water partition coefficient (Wildman–Crippen LogP) is 2.29. The molecule has 18 heavy (non-hydrogen) atoms. The molecule has 1 amide bonds. The number of benzene rings is 1. The number of nitrogens with one attached hydrogen (secondary N) is 1. The minimum atomic E-state index is -0.779. The summed E-state index contributed by atoms with van der Waals surface area (Å²) in [5, 5.41) is 2.89. The summed E-state index contributed by atoms with van der Waals surface area (Å²) < 4.78 is 13.0. The van der Waals surface area contributed by atoms with Gasteiger partial charge >= 0.3 is 0 Å². The van der Waals surface area contributed by atoms with E-state index in [1.165, 1.54) is 0 Å². The minimum Gasteiger partial charge on any atom is -0.325 e. The van der Waals surface area contributed by atoms with Crippen LogP contribution in [0.2, 0.25) is 0 Å². The average molecular weight is 250 g/mol. The van der Waals surface area contributed by atoms with Gasteiger partial charge < -0.3 is 5.32 Å². The third-order valence-corrected chi connectivity index (χ3v) is 3.46. The molecule has 0 bridgehead atoms. The van der Waals surface area contributed by atoms with Crippen molar-refractivity contribution in [3.05, 3.63) is 29.3 Å². The summed E-state index contributed by atoms with van der Waals surface area (Å²) in [6, 6.07) is 5.83. The van der Waals surface area contributed by atoms with Gasteiger partial charge in [0, 0.05) is 18.8 Å². The first kappa shape index (κ1) is 13.0. The molecule has 0 radical (unpaired) electrons. The summed E-state index contributed by atoms with van der Waals surface area (Å²) in [7, 11) is 0. The summed E-state index contributed by atoms with van der Waals surface area (Å²) in [6.45, 7) is 5.31. The van der Waals surface area contributed by atoms with E-state index in [1.807, 2.05) is 36.9 Å². The van der Waals surface area contributed by atoms with Crippen molar-refractivity contribution in [2.45, 2.75) is 26.4 Å². The van der Waals surface area contributed by atoms with E-state index in [9.17, 15) is 9.18 Å². The first-order valence-corrected chi connectivity index (χ1v) is 6.29. The van der Waals surface area contributed by atoms with Crippen LogP contribution < -0.4 is 5.32 Å². The van der Waals surface area contributed by atoms with Gasteiger partial charge in [0.2, 0.25) is 5.91 Å². The standard InChI is InChI=1S/C14H19FN2O/c1-10-4-3-5-13(11(10)2)16-14(18)9-17-7-6-12(15)8-17/h3-5,12H,6-9H2,1-2H3,(H,16,18). The maximum absolute atomic E-state index is 13.0. The lowest BCUT2D eigenvalue weighted by Gasteiger charge is -2.15. The summed E-state index contributed by atoms with van der Waals surface area (Å²) in [5.41, 5.74) is 3.07. The highest BCUT2D eigenvalue weighted by Crippen LogP contribution is 2.18. The van der Waals surface area contributed by atoms with Crippen molar-refractivity contribution in [1.29, 1.82) is 0 Å². The molecule has 4 heteroatoms. The number of alkyl halides is 1. The molecule has 1 aliphatic heterocycles. The molecule has 1 unspecified atom stereocenters. The highest BCUT2D eigenvalue weighted by atomic mass is 19.1. The van der Waals surface area contributed by atoms with Gasteiger partial charge in [0.1, 0.15) is 6.17 Å². The number of likely N-dealkylation sites (tertiary alicyclic amines) is 1. The first-order valence-electron chi connectivity index (χ1n) is 6.29. The Hall–Kier alpha value is -1.42. The number of aryl methyl sites for hydroxylation is 1.